The molecule has 0 saturated heterocycles. The van der Waals surface area contributed by atoms with Gasteiger partial charge in [0, 0.05) is 12.8 Å². The fourth-order valence-corrected chi connectivity index (χ4v) is 2.67. The van der Waals surface area contributed by atoms with Crippen molar-refractivity contribution in [3.8, 4) is 5.75 Å². The molecule has 2 aromatic rings. The quantitative estimate of drug-likeness (QED) is 0.587. The molecule has 0 fully saturated rings. The number of carbonyl (C=O) groups excluding carboxylic acids is 3. The Morgan fingerprint density at radius 3 is 2.44 bits per heavy atom. The number of ether oxygens (including phenoxy) is 1. The van der Waals surface area contributed by atoms with Gasteiger partial charge >= 0.3 is 0 Å². The van der Waals surface area contributed by atoms with E-state index in [0.717, 1.165) is 11.1 Å². The summed E-state index contributed by atoms with van der Waals surface area (Å²) in [7, 11) is 0. The minimum atomic E-state index is -0.476. The van der Waals surface area contributed by atoms with E-state index in [-0.39, 0.29) is 25.2 Å². The molecule has 0 bridgehead atoms. The summed E-state index contributed by atoms with van der Waals surface area (Å²) in [6.07, 6.45) is 0.108. The third-order valence-corrected chi connectivity index (χ3v) is 4.48. The molecule has 0 spiro atoms. The molecule has 6 nitrogen and oxygen atoms in total. The highest BCUT2D eigenvalue weighted by atomic mass is 32.1. The first-order valence-corrected chi connectivity index (χ1v) is 8.68. The van der Waals surface area contributed by atoms with Gasteiger partial charge < -0.3 is 4.74 Å². The number of rotatable bonds is 7. The van der Waals surface area contributed by atoms with Gasteiger partial charge in [-0.25, -0.2) is 0 Å². The number of thiophene rings is 1. The lowest BCUT2D eigenvalue weighted by Gasteiger charge is -2.09. The number of hydrazine groups is 1. The number of ketones is 1. The van der Waals surface area contributed by atoms with Crippen LogP contribution in [0.2, 0.25) is 0 Å². The highest BCUT2D eigenvalue weighted by Crippen LogP contribution is 2.16. The van der Waals surface area contributed by atoms with Crippen molar-refractivity contribution < 1.29 is 19.1 Å². The Bertz CT molecular complexity index is 756. The topological polar surface area (TPSA) is 84.5 Å². The zero-order chi connectivity index (χ0) is 18.2. The second-order valence-corrected chi connectivity index (χ2v) is 6.48. The number of hydrogen-bond donors (Lipinski definition) is 2. The monoisotopic (exact) mass is 360 g/mol. The van der Waals surface area contributed by atoms with Gasteiger partial charge in [-0.3, -0.25) is 25.2 Å². The first-order valence-electron chi connectivity index (χ1n) is 7.80. The van der Waals surface area contributed by atoms with Crippen LogP contribution in [0.4, 0.5) is 0 Å². The van der Waals surface area contributed by atoms with Crippen molar-refractivity contribution in [2.45, 2.75) is 26.7 Å². The summed E-state index contributed by atoms with van der Waals surface area (Å²) in [5, 5.41) is 1.81. The van der Waals surface area contributed by atoms with Crippen LogP contribution in [0.15, 0.2) is 35.7 Å². The summed E-state index contributed by atoms with van der Waals surface area (Å²) in [5.41, 5.74) is 6.75. The van der Waals surface area contributed by atoms with Gasteiger partial charge in [0.05, 0.1) is 4.88 Å². The highest BCUT2D eigenvalue weighted by molar-refractivity contribution is 7.12. The number of amides is 2. The molecule has 2 rings (SSSR count). The van der Waals surface area contributed by atoms with Gasteiger partial charge in [-0.15, -0.1) is 11.3 Å². The molecular formula is C18H20N2O4S. The fraction of sp³-hybridized carbons (Fsp3) is 0.278. The number of nitrogens with one attached hydrogen (secondary N) is 2. The molecular weight excluding hydrogens is 340 g/mol. The molecule has 1 aromatic heterocycles. The maximum Gasteiger partial charge on any atom is 0.276 e. The molecule has 0 aliphatic heterocycles. The van der Waals surface area contributed by atoms with E-state index in [9.17, 15) is 14.4 Å². The maximum atomic E-state index is 11.8. The van der Waals surface area contributed by atoms with E-state index >= 15 is 0 Å². The van der Waals surface area contributed by atoms with E-state index in [0.29, 0.717) is 10.6 Å². The van der Waals surface area contributed by atoms with Gasteiger partial charge in [-0.05, 0) is 48.6 Å². The Labute approximate surface area is 150 Å². The largest absolute Gasteiger partial charge is 0.484 e. The van der Waals surface area contributed by atoms with Crippen LogP contribution >= 0.6 is 11.3 Å². The molecule has 0 unspecified atom stereocenters. The lowest BCUT2D eigenvalue weighted by Crippen LogP contribution is -2.43. The van der Waals surface area contributed by atoms with Crippen LogP contribution in [-0.2, 0) is 9.59 Å². The Morgan fingerprint density at radius 1 is 1.00 bits per heavy atom. The van der Waals surface area contributed by atoms with Gasteiger partial charge in [0.15, 0.2) is 12.4 Å². The van der Waals surface area contributed by atoms with Crippen LogP contribution in [0.1, 0.15) is 33.6 Å². The average molecular weight is 360 g/mol. The Kier molecular flexibility index (Phi) is 6.71. The van der Waals surface area contributed by atoms with E-state index in [4.69, 9.17) is 4.74 Å². The molecule has 132 valence electrons. The first-order chi connectivity index (χ1) is 12.0. The lowest BCUT2D eigenvalue weighted by molar-refractivity contribution is -0.130. The van der Waals surface area contributed by atoms with Crippen molar-refractivity contribution >= 4 is 28.9 Å². The molecule has 0 atom stereocenters. The number of benzene rings is 1. The second kappa shape index (κ2) is 8.98. The average Bonchev–Trinajstić information content (AvgIpc) is 3.13. The number of Topliss-reactive ketones (excluding diaryl/α,β-unsaturated/α-hetero) is 1. The van der Waals surface area contributed by atoms with Gasteiger partial charge in [0.25, 0.3) is 5.91 Å². The minimum absolute atomic E-state index is 0.00896. The van der Waals surface area contributed by atoms with Gasteiger partial charge in [-0.1, -0.05) is 12.1 Å². The lowest BCUT2D eigenvalue weighted by atomic mass is 10.1. The van der Waals surface area contributed by atoms with E-state index in [2.05, 4.69) is 10.9 Å². The fourth-order valence-electron chi connectivity index (χ4n) is 1.98. The van der Waals surface area contributed by atoms with Crippen LogP contribution in [-0.4, -0.2) is 24.2 Å². The second-order valence-electron chi connectivity index (χ2n) is 5.53. The molecule has 0 aliphatic carbocycles. The number of carbonyl (C=O) groups is 3. The molecule has 7 heteroatoms. The predicted molar refractivity (Wildman–Crippen MR) is 95.6 cm³/mol. The molecule has 0 aliphatic rings. The summed E-state index contributed by atoms with van der Waals surface area (Å²) in [6, 6.07) is 9.04. The van der Waals surface area contributed by atoms with Crippen LogP contribution in [0, 0.1) is 13.8 Å². The van der Waals surface area contributed by atoms with Gasteiger partial charge in [0.2, 0.25) is 5.91 Å². The molecule has 2 N–H and O–H groups in total. The summed E-state index contributed by atoms with van der Waals surface area (Å²) in [6.45, 7) is 3.74. The Morgan fingerprint density at radius 2 is 1.76 bits per heavy atom. The van der Waals surface area contributed by atoms with Crippen molar-refractivity contribution in [2.24, 2.45) is 0 Å². The molecule has 25 heavy (non-hydrogen) atoms. The number of aryl methyl sites for hydroxylation is 2. The van der Waals surface area contributed by atoms with Crippen molar-refractivity contribution in [1.29, 1.82) is 0 Å². The van der Waals surface area contributed by atoms with E-state index in [1.165, 1.54) is 11.3 Å². The van der Waals surface area contributed by atoms with Gasteiger partial charge in [-0.2, -0.15) is 0 Å². The standard InChI is InChI=1S/C18H20N2O4S/c1-12-5-6-14(10-13(12)2)24-11-18(23)20-19-17(22)8-7-15(21)16-4-3-9-25-16/h3-6,9-10H,7-8,11H2,1-2H3,(H,19,22)(H,20,23). The maximum absolute atomic E-state index is 11.8. The zero-order valence-corrected chi connectivity index (χ0v) is 14.9. The van der Waals surface area contributed by atoms with E-state index in [1.54, 1.807) is 18.2 Å². The summed E-state index contributed by atoms with van der Waals surface area (Å²) in [4.78, 5) is 35.7. The third kappa shape index (κ3) is 6.04. The smallest absolute Gasteiger partial charge is 0.276 e. The molecule has 1 aromatic carbocycles. The van der Waals surface area contributed by atoms with Crippen molar-refractivity contribution in [1.82, 2.24) is 10.9 Å². The summed E-state index contributed by atoms with van der Waals surface area (Å²) in [5.74, 6) is -0.402. The van der Waals surface area contributed by atoms with E-state index in [1.807, 2.05) is 31.4 Å². The van der Waals surface area contributed by atoms with Crippen LogP contribution in [0.3, 0.4) is 0 Å². The Hall–Kier alpha value is -2.67. The number of hydrogen-bond acceptors (Lipinski definition) is 5. The summed E-state index contributed by atoms with van der Waals surface area (Å²) < 4.78 is 5.37. The van der Waals surface area contributed by atoms with E-state index < -0.39 is 11.8 Å². The highest BCUT2D eigenvalue weighted by Gasteiger charge is 2.11. The van der Waals surface area contributed by atoms with Crippen LogP contribution in [0.5, 0.6) is 5.75 Å². The zero-order valence-electron chi connectivity index (χ0n) is 14.1. The van der Waals surface area contributed by atoms with Crippen LogP contribution < -0.4 is 15.6 Å². The SMILES string of the molecule is Cc1ccc(OCC(=O)NNC(=O)CCC(=O)c2cccs2)cc1C. The van der Waals surface area contributed by atoms with Crippen molar-refractivity contribution in [2.75, 3.05) is 6.61 Å². The van der Waals surface area contributed by atoms with Crippen LogP contribution in [0.25, 0.3) is 0 Å². The van der Waals surface area contributed by atoms with Crippen molar-refractivity contribution in [3.63, 3.8) is 0 Å². The molecule has 2 amide bonds. The Balaban J connectivity index is 1.66. The third-order valence-electron chi connectivity index (χ3n) is 3.56. The molecule has 0 saturated carbocycles. The molecule has 1 heterocycles. The van der Waals surface area contributed by atoms with Crippen molar-refractivity contribution in [3.05, 3.63) is 51.7 Å². The van der Waals surface area contributed by atoms with Gasteiger partial charge in [0.1, 0.15) is 5.75 Å². The minimum Gasteiger partial charge on any atom is -0.484 e. The normalized spacial score (nSPS) is 10.2. The first kappa shape index (κ1) is 18.7. The predicted octanol–water partition coefficient (Wildman–Crippen LogP) is 2.55. The molecule has 0 radical (unpaired) electrons. The summed E-state index contributed by atoms with van der Waals surface area (Å²) >= 11 is 1.34.